The van der Waals surface area contributed by atoms with Gasteiger partial charge >= 0.3 is 0 Å². The lowest BCUT2D eigenvalue weighted by atomic mass is 9.97. The Morgan fingerprint density at radius 3 is 2.46 bits per heavy atom. The van der Waals surface area contributed by atoms with Crippen molar-refractivity contribution in [1.82, 2.24) is 14.1 Å². The predicted octanol–water partition coefficient (Wildman–Crippen LogP) is 1.31. The van der Waals surface area contributed by atoms with Crippen molar-refractivity contribution in [3.05, 3.63) is 35.4 Å². The van der Waals surface area contributed by atoms with Crippen LogP contribution >= 0.6 is 0 Å². The summed E-state index contributed by atoms with van der Waals surface area (Å²) in [4.78, 5) is 17.1. The van der Waals surface area contributed by atoms with E-state index in [9.17, 15) is 13.2 Å². The highest BCUT2D eigenvalue weighted by Gasteiger charge is 2.33. The van der Waals surface area contributed by atoms with Gasteiger partial charge in [-0.1, -0.05) is 24.3 Å². The van der Waals surface area contributed by atoms with E-state index in [4.69, 9.17) is 0 Å². The SMILES string of the molecule is Cc1ccccc1CN1CCN(C(=O)[C@H]2CCCN(S(C)(=O)=O)C2)CC1. The standard InChI is InChI=1S/C19H29N3O3S/c1-16-6-3-4-7-17(16)14-20-10-12-21(13-11-20)19(23)18-8-5-9-22(15-18)26(2,24)25/h3-4,6-7,18H,5,8-15H2,1-2H3/t18-/m0/s1. The maximum absolute atomic E-state index is 12.8. The van der Waals surface area contributed by atoms with Crippen molar-refractivity contribution in [1.29, 1.82) is 0 Å². The summed E-state index contributed by atoms with van der Waals surface area (Å²) in [6, 6.07) is 8.42. The Labute approximate surface area is 156 Å². The fraction of sp³-hybridized carbons (Fsp3) is 0.632. The minimum atomic E-state index is -3.22. The number of carbonyl (C=O) groups is 1. The van der Waals surface area contributed by atoms with Crippen molar-refractivity contribution in [2.75, 3.05) is 45.5 Å². The van der Waals surface area contributed by atoms with Crippen molar-refractivity contribution < 1.29 is 13.2 Å². The molecular weight excluding hydrogens is 350 g/mol. The average molecular weight is 380 g/mol. The molecule has 7 heteroatoms. The molecule has 0 unspecified atom stereocenters. The molecule has 2 heterocycles. The first-order valence-electron chi connectivity index (χ1n) is 9.35. The van der Waals surface area contributed by atoms with Crippen LogP contribution in [-0.2, 0) is 21.4 Å². The normalized spacial score (nSPS) is 23.2. The lowest BCUT2D eigenvalue weighted by Crippen LogP contribution is -2.52. The van der Waals surface area contributed by atoms with Crippen LogP contribution in [0, 0.1) is 12.8 Å². The molecule has 0 aromatic heterocycles. The summed E-state index contributed by atoms with van der Waals surface area (Å²) in [5.74, 6) is -0.0738. The minimum absolute atomic E-state index is 0.119. The van der Waals surface area contributed by atoms with Gasteiger partial charge in [-0.3, -0.25) is 9.69 Å². The summed E-state index contributed by atoms with van der Waals surface area (Å²) < 4.78 is 25.0. The van der Waals surface area contributed by atoms with Crippen LogP contribution in [0.4, 0.5) is 0 Å². The van der Waals surface area contributed by atoms with Crippen LogP contribution in [0.25, 0.3) is 0 Å². The van der Waals surface area contributed by atoms with E-state index >= 15 is 0 Å². The molecular formula is C19H29N3O3S. The van der Waals surface area contributed by atoms with E-state index in [1.54, 1.807) is 0 Å². The molecule has 6 nitrogen and oxygen atoms in total. The van der Waals surface area contributed by atoms with E-state index in [0.717, 1.165) is 45.6 Å². The second-order valence-electron chi connectivity index (χ2n) is 7.49. The second-order valence-corrected chi connectivity index (χ2v) is 9.47. The van der Waals surface area contributed by atoms with E-state index in [1.807, 2.05) is 4.90 Å². The lowest BCUT2D eigenvalue weighted by Gasteiger charge is -2.38. The third kappa shape index (κ3) is 4.64. The maximum atomic E-state index is 12.8. The summed E-state index contributed by atoms with van der Waals surface area (Å²) in [6.45, 7) is 7.09. The molecule has 2 saturated heterocycles. The smallest absolute Gasteiger partial charge is 0.227 e. The van der Waals surface area contributed by atoms with Crippen molar-refractivity contribution in [3.8, 4) is 0 Å². The van der Waals surface area contributed by atoms with Gasteiger partial charge in [0.05, 0.1) is 12.2 Å². The van der Waals surface area contributed by atoms with Gasteiger partial charge in [0, 0.05) is 45.8 Å². The Bertz CT molecular complexity index is 742. The molecule has 0 aliphatic carbocycles. The van der Waals surface area contributed by atoms with Gasteiger partial charge in [-0.2, -0.15) is 0 Å². The van der Waals surface area contributed by atoms with Gasteiger partial charge in [0.1, 0.15) is 0 Å². The molecule has 1 aromatic carbocycles. The van der Waals surface area contributed by atoms with Crippen molar-refractivity contribution in [2.24, 2.45) is 5.92 Å². The highest BCUT2D eigenvalue weighted by molar-refractivity contribution is 7.88. The quantitative estimate of drug-likeness (QED) is 0.791. The number of rotatable bonds is 4. The fourth-order valence-corrected chi connectivity index (χ4v) is 4.77. The molecule has 144 valence electrons. The third-order valence-corrected chi connectivity index (χ3v) is 6.81. The zero-order chi connectivity index (χ0) is 18.7. The van der Waals surface area contributed by atoms with Crippen LogP contribution in [0.3, 0.4) is 0 Å². The predicted molar refractivity (Wildman–Crippen MR) is 102 cm³/mol. The molecule has 26 heavy (non-hydrogen) atoms. The number of piperazine rings is 1. The van der Waals surface area contributed by atoms with E-state index in [1.165, 1.54) is 21.7 Å². The summed E-state index contributed by atoms with van der Waals surface area (Å²) in [5.41, 5.74) is 2.64. The van der Waals surface area contributed by atoms with Crippen LogP contribution < -0.4 is 0 Å². The fourth-order valence-electron chi connectivity index (χ4n) is 3.86. The van der Waals surface area contributed by atoms with Crippen molar-refractivity contribution >= 4 is 15.9 Å². The molecule has 1 atom stereocenters. The molecule has 1 aromatic rings. The van der Waals surface area contributed by atoms with Crippen molar-refractivity contribution in [3.63, 3.8) is 0 Å². The van der Waals surface area contributed by atoms with E-state index in [0.29, 0.717) is 13.1 Å². The number of aryl methyl sites for hydroxylation is 1. The van der Waals surface area contributed by atoms with Crippen LogP contribution in [0.15, 0.2) is 24.3 Å². The molecule has 0 radical (unpaired) electrons. The van der Waals surface area contributed by atoms with Gasteiger partial charge in [0.15, 0.2) is 0 Å². The number of nitrogens with zero attached hydrogens (tertiary/aromatic N) is 3. The number of hydrogen-bond donors (Lipinski definition) is 0. The summed E-state index contributed by atoms with van der Waals surface area (Å²) in [5, 5.41) is 0. The number of amides is 1. The number of carbonyl (C=O) groups excluding carboxylic acids is 1. The molecule has 0 N–H and O–H groups in total. The minimum Gasteiger partial charge on any atom is -0.340 e. The van der Waals surface area contributed by atoms with Gasteiger partial charge < -0.3 is 4.90 Å². The molecule has 2 aliphatic rings. The zero-order valence-corrected chi connectivity index (χ0v) is 16.5. The van der Waals surface area contributed by atoms with Gasteiger partial charge in [0.25, 0.3) is 0 Å². The number of benzene rings is 1. The highest BCUT2D eigenvalue weighted by Crippen LogP contribution is 2.22. The Balaban J connectivity index is 1.53. The Morgan fingerprint density at radius 1 is 1.12 bits per heavy atom. The van der Waals surface area contributed by atoms with Crippen molar-refractivity contribution in [2.45, 2.75) is 26.3 Å². The molecule has 1 amide bonds. The molecule has 0 saturated carbocycles. The van der Waals surface area contributed by atoms with Gasteiger partial charge in [-0.05, 0) is 30.9 Å². The van der Waals surface area contributed by atoms with Crippen LogP contribution in [0.1, 0.15) is 24.0 Å². The van der Waals surface area contributed by atoms with E-state index in [-0.39, 0.29) is 11.8 Å². The molecule has 2 fully saturated rings. The Hall–Kier alpha value is -1.44. The number of sulfonamides is 1. The topological polar surface area (TPSA) is 60.9 Å². The summed E-state index contributed by atoms with van der Waals surface area (Å²) in [6.07, 6.45) is 2.77. The lowest BCUT2D eigenvalue weighted by molar-refractivity contribution is -0.138. The Kier molecular flexibility index (Phi) is 5.99. The first-order valence-corrected chi connectivity index (χ1v) is 11.2. The highest BCUT2D eigenvalue weighted by atomic mass is 32.2. The molecule has 0 bridgehead atoms. The largest absolute Gasteiger partial charge is 0.340 e. The van der Waals surface area contributed by atoms with E-state index in [2.05, 4.69) is 36.1 Å². The summed E-state index contributed by atoms with van der Waals surface area (Å²) >= 11 is 0. The molecule has 0 spiro atoms. The van der Waals surface area contributed by atoms with E-state index < -0.39 is 10.0 Å². The maximum Gasteiger partial charge on any atom is 0.227 e. The monoisotopic (exact) mass is 379 g/mol. The molecule has 3 rings (SSSR count). The first-order chi connectivity index (χ1) is 12.3. The summed E-state index contributed by atoms with van der Waals surface area (Å²) in [7, 11) is -3.22. The average Bonchev–Trinajstić information content (AvgIpc) is 2.63. The van der Waals surface area contributed by atoms with Crippen LogP contribution in [0.5, 0.6) is 0 Å². The van der Waals surface area contributed by atoms with Gasteiger partial charge in [-0.25, -0.2) is 12.7 Å². The second kappa shape index (κ2) is 8.06. The zero-order valence-electron chi connectivity index (χ0n) is 15.7. The first kappa shape index (κ1) is 19.3. The Morgan fingerprint density at radius 2 is 1.81 bits per heavy atom. The number of hydrogen-bond acceptors (Lipinski definition) is 4. The third-order valence-electron chi connectivity index (χ3n) is 5.54. The van der Waals surface area contributed by atoms with Gasteiger partial charge in [0.2, 0.25) is 15.9 Å². The van der Waals surface area contributed by atoms with Crippen LogP contribution in [0.2, 0.25) is 0 Å². The van der Waals surface area contributed by atoms with Crippen LogP contribution in [-0.4, -0.2) is 74.0 Å². The number of piperidine rings is 1. The molecule has 2 aliphatic heterocycles. The van der Waals surface area contributed by atoms with Gasteiger partial charge in [-0.15, -0.1) is 0 Å².